The molecule has 0 aromatic carbocycles. The molecule has 0 bridgehead atoms. The van der Waals surface area contributed by atoms with Crippen molar-refractivity contribution in [1.82, 2.24) is 0 Å². The molecule has 0 saturated heterocycles. The summed E-state index contributed by atoms with van der Waals surface area (Å²) in [5.41, 5.74) is 0. The summed E-state index contributed by atoms with van der Waals surface area (Å²) in [4.78, 5) is 0. The lowest BCUT2D eigenvalue weighted by atomic mass is 9.65. The predicted molar refractivity (Wildman–Crippen MR) is 42.0 cm³/mol. The van der Waals surface area contributed by atoms with Gasteiger partial charge in [0, 0.05) is 0 Å². The van der Waals surface area contributed by atoms with Gasteiger partial charge in [-0.15, -0.1) is 6.58 Å². The molecule has 0 heterocycles. The largest absolute Gasteiger partial charge is 0.114 e. The van der Waals surface area contributed by atoms with Crippen LogP contribution in [0.3, 0.4) is 0 Å². The van der Waals surface area contributed by atoms with Gasteiger partial charge in [-0.1, -0.05) is 32.8 Å². The minimum absolute atomic E-state index is 0.389. The van der Waals surface area contributed by atoms with Crippen molar-refractivity contribution in [3.8, 4) is 0 Å². The Morgan fingerprint density at radius 2 is 1.88 bits per heavy atom. The lowest BCUT2D eigenvalue weighted by Gasteiger charge is -2.20. The topological polar surface area (TPSA) is 0 Å². The Kier molecular flexibility index (Phi) is 2.89. The van der Waals surface area contributed by atoms with E-state index in [-0.39, 0.29) is 0 Å². The molecule has 0 N–H and O–H groups in total. The van der Waals surface area contributed by atoms with Crippen LogP contribution in [-0.2, 0) is 0 Å². The molecule has 0 unspecified atom stereocenters. The standard InChI is InChI=1S/C7H15B/c1-4-7(8,5-2)6-3/h4H,1,5-6,8H2,2-3H3. The number of rotatable bonds is 3. The molecule has 0 radical (unpaired) electrons. The zero-order valence-corrected chi connectivity index (χ0v) is 6.20. The Bertz CT molecular complexity index is 72.5. The first-order valence-corrected chi connectivity index (χ1v) is 3.32. The second-order valence-electron chi connectivity index (χ2n) is 2.57. The van der Waals surface area contributed by atoms with Gasteiger partial charge in [0.25, 0.3) is 0 Å². The third-order valence-electron chi connectivity index (χ3n) is 2.11. The van der Waals surface area contributed by atoms with E-state index in [9.17, 15) is 0 Å². The van der Waals surface area contributed by atoms with Crippen molar-refractivity contribution in [2.75, 3.05) is 0 Å². The summed E-state index contributed by atoms with van der Waals surface area (Å²) in [5.74, 6) is 0. The van der Waals surface area contributed by atoms with E-state index in [1.165, 1.54) is 12.8 Å². The second kappa shape index (κ2) is 2.96. The van der Waals surface area contributed by atoms with Gasteiger partial charge in [0.2, 0.25) is 0 Å². The fraction of sp³-hybridized carbons (Fsp3) is 0.714. The fourth-order valence-electron chi connectivity index (χ4n) is 0.539. The molecule has 0 aromatic heterocycles. The van der Waals surface area contributed by atoms with Crippen LogP contribution in [-0.4, -0.2) is 7.85 Å². The molecule has 0 fully saturated rings. The van der Waals surface area contributed by atoms with Gasteiger partial charge in [-0.2, -0.15) is 0 Å². The van der Waals surface area contributed by atoms with Gasteiger partial charge in [-0.3, -0.25) is 0 Å². The van der Waals surface area contributed by atoms with Crippen molar-refractivity contribution in [2.24, 2.45) is 0 Å². The molecular formula is C7H15B. The van der Waals surface area contributed by atoms with E-state index in [2.05, 4.69) is 28.3 Å². The molecule has 0 spiro atoms. The van der Waals surface area contributed by atoms with Gasteiger partial charge in [0.15, 0.2) is 0 Å². The second-order valence-corrected chi connectivity index (χ2v) is 2.57. The summed E-state index contributed by atoms with van der Waals surface area (Å²) in [7, 11) is 2.24. The lowest BCUT2D eigenvalue weighted by molar-refractivity contribution is 0.633. The van der Waals surface area contributed by atoms with Crippen LogP contribution < -0.4 is 0 Å². The normalized spacial score (nSPS) is 11.2. The molecule has 8 heavy (non-hydrogen) atoms. The van der Waals surface area contributed by atoms with Crippen LogP contribution in [0, 0.1) is 0 Å². The molecule has 0 aliphatic carbocycles. The van der Waals surface area contributed by atoms with Gasteiger partial charge in [0.1, 0.15) is 7.85 Å². The van der Waals surface area contributed by atoms with Crippen LogP contribution in [0.25, 0.3) is 0 Å². The first-order valence-electron chi connectivity index (χ1n) is 3.32. The summed E-state index contributed by atoms with van der Waals surface area (Å²) in [6.45, 7) is 8.17. The van der Waals surface area contributed by atoms with Crippen molar-refractivity contribution in [3.63, 3.8) is 0 Å². The number of allylic oxidation sites excluding steroid dienone is 1. The average molecular weight is 110 g/mol. The summed E-state index contributed by atoms with van der Waals surface area (Å²) in [6, 6.07) is 0. The first-order chi connectivity index (χ1) is 3.68. The van der Waals surface area contributed by atoms with Gasteiger partial charge >= 0.3 is 0 Å². The maximum Gasteiger partial charge on any atom is 0.114 e. The van der Waals surface area contributed by atoms with Crippen molar-refractivity contribution >= 4 is 7.85 Å². The average Bonchev–Trinajstić information content (AvgIpc) is 1.87. The maximum absolute atomic E-state index is 3.77. The molecule has 46 valence electrons. The van der Waals surface area contributed by atoms with Gasteiger partial charge < -0.3 is 0 Å². The molecule has 0 aromatic rings. The molecule has 0 saturated carbocycles. The van der Waals surface area contributed by atoms with Crippen LogP contribution in [0.5, 0.6) is 0 Å². The third kappa shape index (κ3) is 1.73. The molecule has 0 aliphatic heterocycles. The Morgan fingerprint density at radius 1 is 1.50 bits per heavy atom. The lowest BCUT2D eigenvalue weighted by Crippen LogP contribution is -2.04. The van der Waals surface area contributed by atoms with E-state index in [0.29, 0.717) is 5.31 Å². The summed E-state index contributed by atoms with van der Waals surface area (Å²) in [5, 5.41) is 0.389. The molecule has 0 rings (SSSR count). The molecule has 1 heteroatoms. The molecule has 0 atom stereocenters. The maximum atomic E-state index is 3.77. The Hall–Kier alpha value is -0.195. The molecule has 0 aliphatic rings. The first kappa shape index (κ1) is 7.80. The highest BCUT2D eigenvalue weighted by Gasteiger charge is 2.12. The molecular weight excluding hydrogens is 94.9 g/mol. The third-order valence-corrected chi connectivity index (χ3v) is 2.11. The highest BCUT2D eigenvalue weighted by molar-refractivity contribution is 6.16. The van der Waals surface area contributed by atoms with Gasteiger partial charge in [0.05, 0.1) is 0 Å². The van der Waals surface area contributed by atoms with E-state index < -0.39 is 0 Å². The van der Waals surface area contributed by atoms with E-state index in [1.807, 2.05) is 6.08 Å². The highest BCUT2D eigenvalue weighted by atomic mass is 14.1. The summed E-state index contributed by atoms with van der Waals surface area (Å²) >= 11 is 0. The van der Waals surface area contributed by atoms with Crippen molar-refractivity contribution in [3.05, 3.63) is 12.7 Å². The van der Waals surface area contributed by atoms with Crippen LogP contribution >= 0.6 is 0 Å². The number of hydrogen-bond donors (Lipinski definition) is 0. The zero-order chi connectivity index (χ0) is 6.62. The Morgan fingerprint density at radius 3 is 1.88 bits per heavy atom. The van der Waals surface area contributed by atoms with Gasteiger partial charge in [-0.25, -0.2) is 0 Å². The van der Waals surface area contributed by atoms with E-state index >= 15 is 0 Å². The van der Waals surface area contributed by atoms with Crippen LogP contribution in [0.2, 0.25) is 5.31 Å². The SMILES string of the molecule is BC(C=C)(CC)CC. The highest BCUT2D eigenvalue weighted by Crippen LogP contribution is 2.30. The van der Waals surface area contributed by atoms with Crippen LogP contribution in [0.15, 0.2) is 12.7 Å². The Labute approximate surface area is 53.4 Å². The monoisotopic (exact) mass is 110 g/mol. The van der Waals surface area contributed by atoms with E-state index in [0.717, 1.165) is 0 Å². The van der Waals surface area contributed by atoms with Crippen LogP contribution in [0.4, 0.5) is 0 Å². The Balaban J connectivity index is 3.76. The predicted octanol–water partition coefficient (Wildman–Crippen LogP) is 1.78. The quantitative estimate of drug-likeness (QED) is 0.383. The van der Waals surface area contributed by atoms with Crippen molar-refractivity contribution in [1.29, 1.82) is 0 Å². The van der Waals surface area contributed by atoms with Crippen molar-refractivity contribution in [2.45, 2.75) is 32.0 Å². The molecule has 0 amide bonds. The fourth-order valence-corrected chi connectivity index (χ4v) is 0.539. The van der Waals surface area contributed by atoms with E-state index in [4.69, 9.17) is 0 Å². The van der Waals surface area contributed by atoms with Crippen LogP contribution in [0.1, 0.15) is 26.7 Å². The zero-order valence-electron chi connectivity index (χ0n) is 6.20. The molecule has 0 nitrogen and oxygen atoms in total. The smallest absolute Gasteiger partial charge is 0.103 e. The van der Waals surface area contributed by atoms with Crippen molar-refractivity contribution < 1.29 is 0 Å². The minimum Gasteiger partial charge on any atom is -0.103 e. The van der Waals surface area contributed by atoms with Gasteiger partial charge in [-0.05, 0) is 5.31 Å². The summed E-state index contributed by atoms with van der Waals surface area (Å²) < 4.78 is 0. The van der Waals surface area contributed by atoms with E-state index in [1.54, 1.807) is 0 Å². The number of hydrogen-bond acceptors (Lipinski definition) is 0. The summed E-state index contributed by atoms with van der Waals surface area (Å²) in [6.07, 6.45) is 4.45. The minimum atomic E-state index is 0.389.